The Bertz CT molecular complexity index is 3420. The minimum absolute atomic E-state index is 0.492. The Morgan fingerprint density at radius 3 is 1.32 bits per heavy atom. The lowest BCUT2D eigenvalue weighted by molar-refractivity contribution is 0.769. The molecule has 0 saturated carbocycles. The van der Waals surface area contributed by atoms with E-state index in [1.165, 1.54) is 66.1 Å². The minimum atomic E-state index is -0.492. The van der Waals surface area contributed by atoms with E-state index in [0.29, 0.717) is 17.5 Å². The predicted octanol–water partition coefficient (Wildman–Crippen LogP) is 14.9. The molecule has 0 spiro atoms. The van der Waals surface area contributed by atoms with Gasteiger partial charge in [-0.25, -0.2) is 15.0 Å². The first-order valence-corrected chi connectivity index (χ1v) is 21.5. The van der Waals surface area contributed by atoms with E-state index in [1.807, 2.05) is 60.7 Å². The van der Waals surface area contributed by atoms with Gasteiger partial charge >= 0.3 is 0 Å². The Balaban J connectivity index is 0.992. The molecular weight excluding hydrogens is 763 g/mol. The van der Waals surface area contributed by atoms with Gasteiger partial charge in [0.15, 0.2) is 17.5 Å². The van der Waals surface area contributed by atoms with Gasteiger partial charge in [-0.2, -0.15) is 0 Å². The van der Waals surface area contributed by atoms with Gasteiger partial charge in [0.05, 0.1) is 5.41 Å². The van der Waals surface area contributed by atoms with Gasteiger partial charge < -0.3 is 0 Å². The summed E-state index contributed by atoms with van der Waals surface area (Å²) in [6.45, 7) is 0. The molecule has 1 aliphatic rings. The van der Waals surface area contributed by atoms with E-state index in [0.717, 1.165) is 27.8 Å². The van der Waals surface area contributed by atoms with E-state index < -0.39 is 5.41 Å². The standard InChI is InChI=1S/C60H39N3/c1-4-18-44(19-5-1)57-61-58(45-20-6-2-7-21-45)63-59(62-57)46-30-28-43(29-31-46)55-49-24-12-10-16-40(49)34-38-51(55)42-32-36-48(37-33-42)60(47-22-8-3-9-23-47)53-27-15-14-26-52(53)56-50-25-13-11-17-41(50)35-39-54(56)60/h1-39H. The van der Waals surface area contributed by atoms with E-state index in [2.05, 4.69) is 176 Å². The first-order chi connectivity index (χ1) is 31.2. The van der Waals surface area contributed by atoms with E-state index >= 15 is 0 Å². The van der Waals surface area contributed by atoms with Gasteiger partial charge in [0.2, 0.25) is 0 Å². The molecule has 12 rings (SSSR count). The van der Waals surface area contributed by atoms with Crippen molar-refractivity contribution in [2.24, 2.45) is 0 Å². The molecule has 0 amide bonds. The first-order valence-electron chi connectivity index (χ1n) is 21.5. The summed E-state index contributed by atoms with van der Waals surface area (Å²) in [5.41, 5.74) is 14.7. The molecule has 0 bridgehead atoms. The fourth-order valence-corrected chi connectivity index (χ4v) is 9.97. The summed E-state index contributed by atoms with van der Waals surface area (Å²) >= 11 is 0. The summed E-state index contributed by atoms with van der Waals surface area (Å²) in [6.07, 6.45) is 0. The summed E-state index contributed by atoms with van der Waals surface area (Å²) in [4.78, 5) is 14.9. The zero-order chi connectivity index (χ0) is 41.7. The van der Waals surface area contributed by atoms with E-state index in [-0.39, 0.29) is 0 Å². The lowest BCUT2D eigenvalue weighted by Crippen LogP contribution is -2.28. The zero-order valence-electron chi connectivity index (χ0n) is 34.4. The van der Waals surface area contributed by atoms with Gasteiger partial charge in [0.25, 0.3) is 0 Å². The predicted molar refractivity (Wildman–Crippen MR) is 259 cm³/mol. The van der Waals surface area contributed by atoms with Crippen molar-refractivity contribution in [3.63, 3.8) is 0 Å². The summed E-state index contributed by atoms with van der Waals surface area (Å²) in [5, 5.41) is 4.94. The van der Waals surface area contributed by atoms with Crippen molar-refractivity contribution in [3.05, 3.63) is 259 Å². The maximum absolute atomic E-state index is 5.01. The molecule has 0 saturated heterocycles. The van der Waals surface area contributed by atoms with E-state index in [9.17, 15) is 0 Å². The largest absolute Gasteiger partial charge is 0.208 e. The number of rotatable bonds is 7. The maximum Gasteiger partial charge on any atom is 0.164 e. The second kappa shape index (κ2) is 15.0. The summed E-state index contributed by atoms with van der Waals surface area (Å²) < 4.78 is 0. The normalized spacial score (nSPS) is 14.1. The smallest absolute Gasteiger partial charge is 0.164 e. The Morgan fingerprint density at radius 2 is 0.698 bits per heavy atom. The van der Waals surface area contributed by atoms with Crippen LogP contribution in [0, 0.1) is 0 Å². The van der Waals surface area contributed by atoms with Crippen LogP contribution in [-0.2, 0) is 5.41 Å². The second-order valence-corrected chi connectivity index (χ2v) is 16.3. The van der Waals surface area contributed by atoms with E-state index in [1.54, 1.807) is 0 Å². The van der Waals surface area contributed by atoms with Crippen LogP contribution < -0.4 is 0 Å². The third-order valence-corrected chi connectivity index (χ3v) is 12.8. The van der Waals surface area contributed by atoms with Crippen LogP contribution in [0.3, 0.4) is 0 Å². The number of fused-ring (bicyclic) bond motifs is 6. The molecule has 10 aromatic carbocycles. The Kier molecular flexibility index (Phi) is 8.72. The van der Waals surface area contributed by atoms with Gasteiger partial charge in [-0.3, -0.25) is 0 Å². The topological polar surface area (TPSA) is 38.7 Å². The number of aromatic nitrogens is 3. The zero-order valence-corrected chi connectivity index (χ0v) is 34.4. The molecule has 1 aromatic heterocycles. The highest BCUT2D eigenvalue weighted by Crippen LogP contribution is 2.58. The average molecular weight is 802 g/mol. The van der Waals surface area contributed by atoms with Crippen LogP contribution in [0.1, 0.15) is 22.3 Å². The molecule has 294 valence electrons. The fourth-order valence-electron chi connectivity index (χ4n) is 9.97. The van der Waals surface area contributed by atoms with Crippen LogP contribution in [0.4, 0.5) is 0 Å². The number of hydrogen-bond donors (Lipinski definition) is 0. The molecule has 11 aromatic rings. The number of hydrogen-bond acceptors (Lipinski definition) is 3. The van der Waals surface area contributed by atoms with Crippen LogP contribution in [-0.4, -0.2) is 15.0 Å². The Hall–Kier alpha value is -8.27. The number of benzene rings is 10. The van der Waals surface area contributed by atoms with E-state index in [4.69, 9.17) is 15.0 Å². The lowest BCUT2D eigenvalue weighted by atomic mass is 9.67. The lowest BCUT2D eigenvalue weighted by Gasteiger charge is -2.34. The van der Waals surface area contributed by atoms with Crippen LogP contribution in [0.15, 0.2) is 237 Å². The molecule has 3 heteroatoms. The molecular formula is C60H39N3. The first kappa shape index (κ1) is 36.6. The highest BCUT2D eigenvalue weighted by molar-refractivity contribution is 6.05. The molecule has 1 heterocycles. The Morgan fingerprint density at radius 1 is 0.254 bits per heavy atom. The Labute approximate surface area is 366 Å². The summed E-state index contributed by atoms with van der Waals surface area (Å²) in [7, 11) is 0. The molecule has 0 radical (unpaired) electrons. The van der Waals surface area contributed by atoms with Gasteiger partial charge in [0, 0.05) is 16.7 Å². The van der Waals surface area contributed by atoms with Gasteiger partial charge in [-0.1, -0.05) is 237 Å². The van der Waals surface area contributed by atoms with Crippen molar-refractivity contribution in [1.29, 1.82) is 0 Å². The third kappa shape index (κ3) is 6.01. The molecule has 0 aliphatic heterocycles. The molecule has 1 unspecified atom stereocenters. The van der Waals surface area contributed by atoms with Crippen LogP contribution in [0.5, 0.6) is 0 Å². The minimum Gasteiger partial charge on any atom is -0.208 e. The highest BCUT2D eigenvalue weighted by atomic mass is 15.0. The molecule has 0 fully saturated rings. The molecule has 1 atom stereocenters. The molecule has 63 heavy (non-hydrogen) atoms. The van der Waals surface area contributed by atoms with Gasteiger partial charge in [-0.15, -0.1) is 0 Å². The van der Waals surface area contributed by atoms with Gasteiger partial charge in [0.1, 0.15) is 0 Å². The average Bonchev–Trinajstić information content (AvgIpc) is 3.68. The van der Waals surface area contributed by atoms with Crippen LogP contribution in [0.25, 0.3) is 89.1 Å². The SMILES string of the molecule is c1ccc(-c2nc(-c3ccccc3)nc(-c3ccc(-c4c(-c5ccc(C6(c7ccccc7)c7ccccc7-c7c6ccc6ccccc76)cc5)ccc5ccccc45)cc3)n2)cc1. The van der Waals surface area contributed by atoms with Crippen LogP contribution >= 0.6 is 0 Å². The van der Waals surface area contributed by atoms with Crippen molar-refractivity contribution >= 4 is 21.5 Å². The van der Waals surface area contributed by atoms with Crippen molar-refractivity contribution in [3.8, 4) is 67.5 Å². The summed E-state index contributed by atoms with van der Waals surface area (Å²) in [5.74, 6) is 1.93. The van der Waals surface area contributed by atoms with Crippen molar-refractivity contribution in [2.75, 3.05) is 0 Å². The van der Waals surface area contributed by atoms with Crippen molar-refractivity contribution in [2.45, 2.75) is 5.41 Å². The molecule has 0 N–H and O–H groups in total. The van der Waals surface area contributed by atoms with Gasteiger partial charge in [-0.05, 0) is 77.2 Å². The molecule has 3 nitrogen and oxygen atoms in total. The highest BCUT2D eigenvalue weighted by Gasteiger charge is 2.46. The second-order valence-electron chi connectivity index (χ2n) is 16.3. The van der Waals surface area contributed by atoms with Crippen LogP contribution in [0.2, 0.25) is 0 Å². The van der Waals surface area contributed by atoms with Crippen molar-refractivity contribution < 1.29 is 0 Å². The summed E-state index contributed by atoms with van der Waals surface area (Å²) in [6, 6.07) is 85.0. The third-order valence-electron chi connectivity index (χ3n) is 12.8. The quantitative estimate of drug-likeness (QED) is 0.161. The fraction of sp³-hybridized carbons (Fsp3) is 0.0167. The maximum atomic E-state index is 5.01. The molecule has 1 aliphatic carbocycles. The number of nitrogens with zero attached hydrogens (tertiary/aromatic N) is 3. The van der Waals surface area contributed by atoms with Crippen molar-refractivity contribution in [1.82, 2.24) is 15.0 Å². The monoisotopic (exact) mass is 801 g/mol.